The van der Waals surface area contributed by atoms with Gasteiger partial charge in [0.25, 0.3) is 5.91 Å². The first-order valence-corrected chi connectivity index (χ1v) is 12.3. The molecule has 1 saturated heterocycles. The largest absolute Gasteiger partial charge is 0.508 e. The Bertz CT molecular complexity index is 1180. The number of amides is 1. The van der Waals surface area contributed by atoms with Crippen molar-refractivity contribution < 1.29 is 44.7 Å². The normalized spacial score (nSPS) is 13.5. The van der Waals surface area contributed by atoms with E-state index in [4.69, 9.17) is 20.4 Å². The second-order valence-electron chi connectivity index (χ2n) is 9.48. The number of hydrogen-bond donors (Lipinski definition) is 5. The fraction of sp³-hybridized carbons (Fsp3) is 0.357. The highest BCUT2D eigenvalue weighted by atomic mass is 16.4. The maximum atomic E-state index is 12.5. The van der Waals surface area contributed by atoms with Crippen LogP contribution in [-0.2, 0) is 14.4 Å². The highest BCUT2D eigenvalue weighted by molar-refractivity contribution is 5.95. The van der Waals surface area contributed by atoms with Crippen molar-refractivity contribution in [1.82, 2.24) is 9.80 Å². The molecule has 0 atom stereocenters. The summed E-state index contributed by atoms with van der Waals surface area (Å²) in [4.78, 5) is 47.0. The number of hydrogen-bond acceptors (Lipinski definition) is 7. The van der Waals surface area contributed by atoms with Crippen LogP contribution in [0.5, 0.6) is 5.75 Å². The molecule has 1 fully saturated rings. The van der Waals surface area contributed by atoms with Crippen LogP contribution in [0.3, 0.4) is 0 Å². The van der Waals surface area contributed by atoms with Gasteiger partial charge < -0.3 is 35.3 Å². The molecule has 5 N–H and O–H groups in total. The molecule has 1 heterocycles. The Morgan fingerprint density at radius 3 is 1.87 bits per heavy atom. The zero-order chi connectivity index (χ0) is 29.2. The van der Waals surface area contributed by atoms with Crippen molar-refractivity contribution in [1.29, 1.82) is 0 Å². The zero-order valence-electron chi connectivity index (χ0n) is 21.9. The van der Waals surface area contributed by atoms with Gasteiger partial charge in [0.2, 0.25) is 0 Å². The fourth-order valence-corrected chi connectivity index (χ4v) is 3.96. The highest BCUT2D eigenvalue weighted by Gasteiger charge is 2.40. The molecule has 0 radical (unpaired) electrons. The molecule has 1 aliphatic rings. The summed E-state index contributed by atoms with van der Waals surface area (Å²) in [6.45, 7) is 2.51. The van der Waals surface area contributed by atoms with Crippen LogP contribution in [0.1, 0.15) is 47.2 Å². The number of phenolic OH excluding ortho intramolecular Hbond substituents is 1. The predicted molar refractivity (Wildman–Crippen MR) is 142 cm³/mol. The van der Waals surface area contributed by atoms with Gasteiger partial charge in [-0.25, -0.2) is 4.79 Å². The van der Waals surface area contributed by atoms with Crippen LogP contribution in [0.2, 0.25) is 0 Å². The van der Waals surface area contributed by atoms with Crippen molar-refractivity contribution in [2.75, 3.05) is 33.7 Å². The number of aliphatic carboxylic acids is 3. The number of likely N-dealkylation sites (N-methyl/N-ethyl adjacent to an activating group) is 1. The van der Waals surface area contributed by atoms with Crippen LogP contribution in [0.15, 0.2) is 54.6 Å². The van der Waals surface area contributed by atoms with Crippen molar-refractivity contribution in [2.24, 2.45) is 0 Å². The number of carboxylic acid groups (broad SMARTS) is 3. The van der Waals surface area contributed by atoms with E-state index in [2.05, 4.69) is 11.0 Å². The number of rotatable bonds is 10. The highest BCUT2D eigenvalue weighted by Crippen LogP contribution is 2.27. The molecule has 1 aliphatic heterocycles. The Kier molecular flexibility index (Phi) is 11.2. The smallest absolute Gasteiger partial charge is 0.336 e. The molecule has 0 aliphatic carbocycles. The average molecular weight is 543 g/mol. The molecule has 0 bridgehead atoms. The molecule has 2 aromatic carbocycles. The molecular formula is C28H34N2O9. The van der Waals surface area contributed by atoms with Gasteiger partial charge in [0.15, 0.2) is 5.60 Å². The van der Waals surface area contributed by atoms with Gasteiger partial charge >= 0.3 is 17.9 Å². The Morgan fingerprint density at radius 1 is 0.872 bits per heavy atom. The molecule has 0 saturated carbocycles. The first-order valence-electron chi connectivity index (χ1n) is 12.3. The van der Waals surface area contributed by atoms with Crippen LogP contribution in [-0.4, -0.2) is 98.5 Å². The summed E-state index contributed by atoms with van der Waals surface area (Å²) in [6, 6.07) is 15.1. The number of benzene rings is 2. The molecule has 0 aromatic heterocycles. The second-order valence-corrected chi connectivity index (χ2v) is 9.48. The molecule has 0 unspecified atom stereocenters. The standard InChI is InChI=1S/C22H26N2O2.C6H8O7/c1-23(2)15-12-21(19-6-5-7-20(25)16-19)17-8-10-18(11-9-17)22(26)24-13-3-4-14-24;7-3(8)1-6(13,5(11)12)2-4(9)10/h5-12,16,25H,3-4,13-15H2,1-2H3;13H,1-2H2,(H,7,8)(H,9,10)(H,11,12)/b21-12-;. The van der Waals surface area contributed by atoms with Crippen molar-refractivity contribution in [3.8, 4) is 5.75 Å². The monoisotopic (exact) mass is 542 g/mol. The van der Waals surface area contributed by atoms with Crippen LogP contribution >= 0.6 is 0 Å². The van der Waals surface area contributed by atoms with E-state index < -0.39 is 36.4 Å². The molecule has 0 spiro atoms. The van der Waals surface area contributed by atoms with E-state index in [1.165, 1.54) is 0 Å². The van der Waals surface area contributed by atoms with E-state index in [0.29, 0.717) is 0 Å². The first kappa shape index (κ1) is 31.0. The van der Waals surface area contributed by atoms with Crippen molar-refractivity contribution >= 4 is 29.4 Å². The number of likely N-dealkylation sites (tertiary alicyclic amines) is 1. The molecule has 11 heteroatoms. The van der Waals surface area contributed by atoms with Gasteiger partial charge in [-0.1, -0.05) is 30.3 Å². The molecule has 3 rings (SSSR count). The van der Waals surface area contributed by atoms with E-state index in [9.17, 15) is 24.3 Å². The van der Waals surface area contributed by atoms with E-state index in [1.807, 2.05) is 55.4 Å². The van der Waals surface area contributed by atoms with Gasteiger partial charge in [-0.15, -0.1) is 0 Å². The number of carboxylic acids is 3. The van der Waals surface area contributed by atoms with Gasteiger partial charge in [-0.3, -0.25) is 14.4 Å². The number of nitrogens with zero attached hydrogens (tertiary/aromatic N) is 2. The Morgan fingerprint density at radius 2 is 1.41 bits per heavy atom. The van der Waals surface area contributed by atoms with Crippen LogP contribution in [0, 0.1) is 0 Å². The van der Waals surface area contributed by atoms with Crippen molar-refractivity contribution in [3.05, 3.63) is 71.3 Å². The molecule has 210 valence electrons. The SMILES string of the molecule is CN(C)C/C=C(/c1ccc(C(=O)N2CCCC2)cc1)c1cccc(O)c1.O=C(O)CC(O)(CC(=O)O)C(=O)O. The zero-order valence-corrected chi connectivity index (χ0v) is 21.9. The van der Waals surface area contributed by atoms with Gasteiger partial charge in [0.1, 0.15) is 5.75 Å². The summed E-state index contributed by atoms with van der Waals surface area (Å²) in [5.74, 6) is -4.65. The maximum absolute atomic E-state index is 12.5. The second kappa shape index (κ2) is 14.1. The van der Waals surface area contributed by atoms with Crippen LogP contribution in [0.4, 0.5) is 0 Å². The van der Waals surface area contributed by atoms with Crippen molar-refractivity contribution in [3.63, 3.8) is 0 Å². The van der Waals surface area contributed by atoms with E-state index >= 15 is 0 Å². The van der Waals surface area contributed by atoms with Crippen LogP contribution < -0.4 is 0 Å². The quantitative estimate of drug-likeness (QED) is 0.300. The summed E-state index contributed by atoms with van der Waals surface area (Å²) < 4.78 is 0. The lowest BCUT2D eigenvalue weighted by Gasteiger charge is -2.18. The minimum absolute atomic E-state index is 0.116. The number of carbonyl (C=O) groups excluding carboxylic acids is 1. The molecule has 1 amide bonds. The number of aliphatic hydroxyl groups is 1. The van der Waals surface area contributed by atoms with Crippen molar-refractivity contribution in [2.45, 2.75) is 31.3 Å². The van der Waals surface area contributed by atoms with E-state index in [1.54, 1.807) is 12.1 Å². The third-order valence-electron chi connectivity index (χ3n) is 5.94. The Hall–Kier alpha value is -4.22. The first-order chi connectivity index (χ1) is 18.3. The lowest BCUT2D eigenvalue weighted by Crippen LogP contribution is -2.42. The number of phenols is 1. The summed E-state index contributed by atoms with van der Waals surface area (Å²) in [5, 5.41) is 43.6. The van der Waals surface area contributed by atoms with Gasteiger partial charge in [0, 0.05) is 25.2 Å². The molecular weight excluding hydrogens is 508 g/mol. The molecule has 39 heavy (non-hydrogen) atoms. The van der Waals surface area contributed by atoms with E-state index in [0.717, 1.165) is 54.7 Å². The van der Waals surface area contributed by atoms with Crippen LogP contribution in [0.25, 0.3) is 5.57 Å². The summed E-state index contributed by atoms with van der Waals surface area (Å²) >= 11 is 0. The van der Waals surface area contributed by atoms with Gasteiger partial charge in [0.05, 0.1) is 12.8 Å². The van der Waals surface area contributed by atoms with Gasteiger partial charge in [-0.2, -0.15) is 0 Å². The Labute approximate surface area is 226 Å². The third-order valence-corrected chi connectivity index (χ3v) is 5.94. The lowest BCUT2D eigenvalue weighted by atomic mass is 9.96. The maximum Gasteiger partial charge on any atom is 0.336 e. The average Bonchev–Trinajstić information content (AvgIpc) is 3.38. The summed E-state index contributed by atoms with van der Waals surface area (Å²) in [5.41, 5.74) is 1.05. The molecule has 11 nitrogen and oxygen atoms in total. The third kappa shape index (κ3) is 9.55. The summed E-state index contributed by atoms with van der Waals surface area (Å²) in [6.07, 6.45) is 2.05. The minimum Gasteiger partial charge on any atom is -0.508 e. The minimum atomic E-state index is -2.74. The molecule has 2 aromatic rings. The number of aromatic hydroxyl groups is 1. The Balaban J connectivity index is 0.000000349. The fourth-order valence-electron chi connectivity index (χ4n) is 3.96. The van der Waals surface area contributed by atoms with E-state index in [-0.39, 0.29) is 11.7 Å². The van der Waals surface area contributed by atoms with Gasteiger partial charge in [-0.05, 0) is 67.9 Å². The summed E-state index contributed by atoms with van der Waals surface area (Å²) in [7, 11) is 4.04. The topological polar surface area (TPSA) is 176 Å². The lowest BCUT2D eigenvalue weighted by molar-refractivity contribution is -0.170. The number of carbonyl (C=O) groups is 4. The predicted octanol–water partition coefficient (Wildman–Crippen LogP) is 2.37.